The fraction of sp³-hybridized carbons (Fsp3) is 0.286. The number of benzene rings is 2. The van der Waals surface area contributed by atoms with E-state index < -0.39 is 41.7 Å². The molecule has 0 radical (unpaired) electrons. The minimum atomic E-state index is -4.50. The van der Waals surface area contributed by atoms with Crippen LogP contribution in [0.2, 0.25) is 0 Å². The number of fused-ring (bicyclic) bond motifs is 1. The third-order valence-corrected chi connectivity index (χ3v) is 5.37. The van der Waals surface area contributed by atoms with E-state index in [0.717, 1.165) is 34.7 Å². The molecule has 0 spiro atoms. The number of hydrogen-bond donors (Lipinski definition) is 1. The molecule has 0 aliphatic carbocycles. The van der Waals surface area contributed by atoms with Gasteiger partial charge in [-0.25, -0.2) is 4.79 Å². The molecule has 2 fully saturated rings. The largest absolute Gasteiger partial charge is 0.416 e. The number of amides is 4. The molecule has 2 unspecified atom stereocenters. The molecule has 1 N–H and O–H groups in total. The van der Waals surface area contributed by atoms with Crippen molar-refractivity contribution in [2.75, 3.05) is 6.54 Å². The summed E-state index contributed by atoms with van der Waals surface area (Å²) in [6, 6.07) is 10.9. The third-order valence-electron chi connectivity index (χ3n) is 5.37. The lowest BCUT2D eigenvalue weighted by molar-refractivity contribution is -0.137. The van der Waals surface area contributed by atoms with Crippen molar-refractivity contribution in [1.29, 1.82) is 0 Å². The monoisotopic (exact) mass is 417 g/mol. The lowest BCUT2D eigenvalue weighted by atomic mass is 10.0. The molecule has 2 aliphatic rings. The Bertz CT molecular complexity index is 976. The highest BCUT2D eigenvalue weighted by Gasteiger charge is 2.49. The highest BCUT2D eigenvalue weighted by molar-refractivity contribution is 6.04. The van der Waals surface area contributed by atoms with Crippen molar-refractivity contribution in [3.8, 4) is 0 Å². The summed E-state index contributed by atoms with van der Waals surface area (Å²) in [4.78, 5) is 40.8. The quantitative estimate of drug-likeness (QED) is 0.835. The minimum Gasteiger partial charge on any atom is -0.332 e. The maximum atomic E-state index is 13.1. The maximum Gasteiger partial charge on any atom is 0.416 e. The number of rotatable bonds is 3. The van der Waals surface area contributed by atoms with Crippen molar-refractivity contribution in [2.24, 2.45) is 0 Å². The van der Waals surface area contributed by atoms with Crippen molar-refractivity contribution in [2.45, 2.75) is 31.2 Å². The van der Waals surface area contributed by atoms with Crippen LogP contribution in [0.15, 0.2) is 54.6 Å². The molecule has 4 amide bonds. The Morgan fingerprint density at radius 1 is 1.03 bits per heavy atom. The lowest BCUT2D eigenvalue weighted by Gasteiger charge is -2.37. The summed E-state index contributed by atoms with van der Waals surface area (Å²) in [5.41, 5.74) is -0.0330. The molecule has 4 rings (SSSR count). The maximum absolute atomic E-state index is 13.1. The first-order chi connectivity index (χ1) is 14.3. The van der Waals surface area contributed by atoms with E-state index in [0.29, 0.717) is 6.42 Å². The number of halogens is 3. The van der Waals surface area contributed by atoms with Gasteiger partial charge in [-0.2, -0.15) is 13.2 Å². The first kappa shape index (κ1) is 19.9. The number of urea groups is 1. The zero-order valence-electron chi connectivity index (χ0n) is 15.7. The number of imide groups is 1. The van der Waals surface area contributed by atoms with Gasteiger partial charge in [0.15, 0.2) is 0 Å². The number of carbonyl (C=O) groups excluding carboxylic acids is 3. The Morgan fingerprint density at radius 3 is 2.33 bits per heavy atom. The molecule has 2 aliphatic heterocycles. The van der Waals surface area contributed by atoms with Crippen molar-refractivity contribution in [1.82, 2.24) is 15.1 Å². The van der Waals surface area contributed by atoms with Crippen molar-refractivity contribution >= 4 is 17.8 Å². The molecule has 0 bridgehead atoms. The Kier molecular flexibility index (Phi) is 4.97. The van der Waals surface area contributed by atoms with Crippen LogP contribution < -0.4 is 5.32 Å². The summed E-state index contributed by atoms with van der Waals surface area (Å²) in [6.07, 6.45) is -4.10. The van der Waals surface area contributed by atoms with Gasteiger partial charge in [-0.3, -0.25) is 14.5 Å². The first-order valence-corrected chi connectivity index (χ1v) is 9.40. The van der Waals surface area contributed by atoms with Gasteiger partial charge in [-0.05, 0) is 36.2 Å². The fourth-order valence-electron chi connectivity index (χ4n) is 3.86. The summed E-state index contributed by atoms with van der Waals surface area (Å²) in [5, 5.41) is 2.77. The van der Waals surface area contributed by atoms with E-state index in [4.69, 9.17) is 0 Å². The summed E-state index contributed by atoms with van der Waals surface area (Å²) in [7, 11) is 0. The van der Waals surface area contributed by atoms with Crippen molar-refractivity contribution < 1.29 is 27.6 Å². The fourth-order valence-corrected chi connectivity index (χ4v) is 3.86. The number of carbonyl (C=O) groups is 3. The summed E-state index contributed by atoms with van der Waals surface area (Å²) < 4.78 is 38.3. The van der Waals surface area contributed by atoms with Gasteiger partial charge in [0.2, 0.25) is 0 Å². The van der Waals surface area contributed by atoms with Crippen LogP contribution in [0.3, 0.4) is 0 Å². The van der Waals surface area contributed by atoms with Gasteiger partial charge < -0.3 is 10.2 Å². The molecule has 0 saturated carbocycles. The zero-order chi connectivity index (χ0) is 21.5. The Hall–Kier alpha value is -3.36. The van der Waals surface area contributed by atoms with Crippen LogP contribution in [0.5, 0.6) is 0 Å². The van der Waals surface area contributed by atoms with Gasteiger partial charge in [0.05, 0.1) is 18.2 Å². The number of hydrogen-bond acceptors (Lipinski definition) is 3. The van der Waals surface area contributed by atoms with Gasteiger partial charge in [0.1, 0.15) is 6.04 Å². The predicted molar refractivity (Wildman–Crippen MR) is 100 cm³/mol. The number of likely N-dealkylation sites (tertiary alicyclic amines) is 1. The van der Waals surface area contributed by atoms with Gasteiger partial charge >= 0.3 is 12.2 Å². The average Bonchev–Trinajstić information content (AvgIpc) is 3.14. The molecule has 2 saturated heterocycles. The Labute approximate surface area is 170 Å². The Morgan fingerprint density at radius 2 is 1.70 bits per heavy atom. The smallest absolute Gasteiger partial charge is 0.332 e. The molecule has 30 heavy (non-hydrogen) atoms. The zero-order valence-corrected chi connectivity index (χ0v) is 15.7. The summed E-state index contributed by atoms with van der Waals surface area (Å²) in [6.45, 7) is 0.289. The number of nitrogens with zero attached hydrogens (tertiary/aromatic N) is 2. The molecule has 156 valence electrons. The third kappa shape index (κ3) is 3.62. The molecular weight excluding hydrogens is 399 g/mol. The van der Waals surface area contributed by atoms with E-state index in [9.17, 15) is 27.6 Å². The molecule has 9 heteroatoms. The second kappa shape index (κ2) is 7.47. The SMILES string of the molecule is O=C1NC2CCN(C(=O)c3ccc(C(F)(F)F)cc3)C2C(=O)N1Cc1ccccc1. The normalized spacial score (nSPS) is 21.4. The number of nitrogens with one attached hydrogen (secondary N) is 1. The molecule has 2 aromatic carbocycles. The average molecular weight is 417 g/mol. The second-order valence-electron chi connectivity index (χ2n) is 7.27. The summed E-state index contributed by atoms with van der Waals surface area (Å²) >= 11 is 0. The van der Waals surface area contributed by atoms with Crippen LogP contribution in [0.25, 0.3) is 0 Å². The van der Waals surface area contributed by atoms with E-state index in [1.165, 1.54) is 4.90 Å². The molecule has 2 atom stereocenters. The van der Waals surface area contributed by atoms with Crippen LogP contribution >= 0.6 is 0 Å². The van der Waals surface area contributed by atoms with Crippen molar-refractivity contribution in [3.63, 3.8) is 0 Å². The van der Waals surface area contributed by atoms with Gasteiger partial charge in [-0.15, -0.1) is 0 Å². The predicted octanol–water partition coefficient (Wildman–Crippen LogP) is 3.04. The highest BCUT2D eigenvalue weighted by Crippen LogP contribution is 2.30. The molecule has 0 aromatic heterocycles. The van der Waals surface area contributed by atoms with E-state index in [-0.39, 0.29) is 18.7 Å². The molecule has 2 heterocycles. The van der Waals surface area contributed by atoms with Crippen LogP contribution in [0.4, 0.5) is 18.0 Å². The molecule has 6 nitrogen and oxygen atoms in total. The molecule has 2 aromatic rings. The van der Waals surface area contributed by atoms with Crippen LogP contribution in [-0.4, -0.2) is 46.3 Å². The standard InChI is InChI=1S/C21H18F3N3O3/c22-21(23,24)15-8-6-14(7-9-15)18(28)26-11-10-16-17(26)19(29)27(20(30)25-16)12-13-4-2-1-3-5-13/h1-9,16-17H,10-12H2,(H,25,30). The highest BCUT2D eigenvalue weighted by atomic mass is 19.4. The van der Waals surface area contributed by atoms with E-state index in [2.05, 4.69) is 5.32 Å². The van der Waals surface area contributed by atoms with Gasteiger partial charge in [0.25, 0.3) is 11.8 Å². The molecular formula is C21H18F3N3O3. The Balaban J connectivity index is 1.55. The van der Waals surface area contributed by atoms with E-state index >= 15 is 0 Å². The van der Waals surface area contributed by atoms with Gasteiger partial charge in [0, 0.05) is 12.1 Å². The van der Waals surface area contributed by atoms with Crippen LogP contribution in [0, 0.1) is 0 Å². The van der Waals surface area contributed by atoms with Crippen LogP contribution in [-0.2, 0) is 17.5 Å². The second-order valence-corrected chi connectivity index (χ2v) is 7.27. The first-order valence-electron chi connectivity index (χ1n) is 9.40. The van der Waals surface area contributed by atoms with E-state index in [1.807, 2.05) is 6.07 Å². The summed E-state index contributed by atoms with van der Waals surface area (Å²) in [5.74, 6) is -1.04. The number of alkyl halides is 3. The van der Waals surface area contributed by atoms with Crippen LogP contribution in [0.1, 0.15) is 27.9 Å². The lowest BCUT2D eigenvalue weighted by Crippen LogP contribution is -2.64. The van der Waals surface area contributed by atoms with Crippen molar-refractivity contribution in [3.05, 3.63) is 71.3 Å². The van der Waals surface area contributed by atoms with E-state index in [1.54, 1.807) is 24.3 Å². The minimum absolute atomic E-state index is 0.0583. The van der Waals surface area contributed by atoms with Gasteiger partial charge in [-0.1, -0.05) is 30.3 Å². The topological polar surface area (TPSA) is 69.7 Å².